The minimum absolute atomic E-state index is 0.106. The lowest BCUT2D eigenvalue weighted by atomic mass is 9.99. The second-order valence-corrected chi connectivity index (χ2v) is 32.6. The van der Waals surface area contributed by atoms with Gasteiger partial charge in [0, 0.05) is 25.7 Å². The number of carbonyl (C=O) groups excluding carboxylic acids is 4. The second kappa shape index (κ2) is 69.4. The van der Waals surface area contributed by atoms with E-state index in [-0.39, 0.29) is 25.7 Å². The fourth-order valence-corrected chi connectivity index (χ4v) is 13.7. The van der Waals surface area contributed by atoms with E-state index in [2.05, 4.69) is 48.5 Å². The van der Waals surface area contributed by atoms with Gasteiger partial charge in [0.15, 0.2) is 12.2 Å². The van der Waals surface area contributed by atoms with Crippen molar-refractivity contribution in [2.75, 3.05) is 39.6 Å². The number of phosphoric ester groups is 2. The Morgan fingerprint density at radius 3 is 0.776 bits per heavy atom. The molecule has 0 aromatic rings. The topological polar surface area (TPSA) is 237 Å². The molecule has 19 heteroatoms. The molecule has 98 heavy (non-hydrogen) atoms. The summed E-state index contributed by atoms with van der Waals surface area (Å²) in [5.41, 5.74) is 0. The number of aliphatic hydroxyl groups excluding tert-OH is 1. The van der Waals surface area contributed by atoms with Gasteiger partial charge >= 0.3 is 39.5 Å². The molecular formula is C79H154O17P2. The molecule has 0 aliphatic rings. The van der Waals surface area contributed by atoms with Gasteiger partial charge in [-0.2, -0.15) is 0 Å². The van der Waals surface area contributed by atoms with Crippen LogP contribution in [0.2, 0.25) is 0 Å². The number of hydrogen-bond donors (Lipinski definition) is 3. The quantitative estimate of drug-likeness (QED) is 0.0222. The summed E-state index contributed by atoms with van der Waals surface area (Å²) in [7, 11) is -9.91. The van der Waals surface area contributed by atoms with Crippen LogP contribution in [0, 0.1) is 17.8 Å². The first-order valence-corrected chi connectivity index (χ1v) is 43.9. The predicted octanol–water partition coefficient (Wildman–Crippen LogP) is 23.4. The average Bonchev–Trinajstić information content (AvgIpc) is 1.03. The monoisotopic (exact) mass is 1440 g/mol. The largest absolute Gasteiger partial charge is 0.472 e. The van der Waals surface area contributed by atoms with E-state index in [1.54, 1.807) is 0 Å². The molecule has 0 radical (unpaired) electrons. The van der Waals surface area contributed by atoms with Crippen LogP contribution in [0.5, 0.6) is 0 Å². The van der Waals surface area contributed by atoms with Crippen LogP contribution in [0.1, 0.15) is 408 Å². The first-order valence-electron chi connectivity index (χ1n) is 40.9. The zero-order valence-corrected chi connectivity index (χ0v) is 66.0. The lowest BCUT2D eigenvalue weighted by molar-refractivity contribution is -0.161. The highest BCUT2D eigenvalue weighted by Crippen LogP contribution is 2.45. The normalized spacial score (nSPS) is 14.3. The Morgan fingerprint density at radius 1 is 0.296 bits per heavy atom. The van der Waals surface area contributed by atoms with E-state index in [1.807, 2.05) is 0 Å². The van der Waals surface area contributed by atoms with Crippen molar-refractivity contribution in [3.8, 4) is 0 Å². The molecule has 3 unspecified atom stereocenters. The molecule has 0 aliphatic carbocycles. The lowest BCUT2D eigenvalue weighted by Crippen LogP contribution is -2.30. The third-order valence-corrected chi connectivity index (χ3v) is 20.6. The average molecular weight is 1440 g/mol. The maximum atomic E-state index is 13.1. The van der Waals surface area contributed by atoms with Gasteiger partial charge in [-0.3, -0.25) is 37.3 Å². The highest BCUT2D eigenvalue weighted by molar-refractivity contribution is 7.47. The van der Waals surface area contributed by atoms with Gasteiger partial charge in [0.1, 0.15) is 19.3 Å². The van der Waals surface area contributed by atoms with Gasteiger partial charge < -0.3 is 33.8 Å². The Hall–Kier alpha value is -1.94. The number of esters is 4. The highest BCUT2D eigenvalue weighted by Gasteiger charge is 2.30. The Morgan fingerprint density at radius 2 is 0.520 bits per heavy atom. The van der Waals surface area contributed by atoms with Gasteiger partial charge in [-0.15, -0.1) is 0 Å². The molecule has 17 nitrogen and oxygen atoms in total. The second-order valence-electron chi connectivity index (χ2n) is 29.6. The van der Waals surface area contributed by atoms with Crippen molar-refractivity contribution in [1.82, 2.24) is 0 Å². The number of unbranched alkanes of at least 4 members (excludes halogenated alkanes) is 44. The van der Waals surface area contributed by atoms with Gasteiger partial charge in [-0.1, -0.05) is 357 Å². The molecule has 0 saturated carbocycles. The molecule has 0 amide bonds. The number of rotatable bonds is 77. The van der Waals surface area contributed by atoms with Crippen LogP contribution in [0.4, 0.5) is 0 Å². The Labute approximate surface area is 600 Å². The number of ether oxygens (including phenoxy) is 4. The lowest BCUT2D eigenvalue weighted by Gasteiger charge is -2.21. The van der Waals surface area contributed by atoms with Crippen molar-refractivity contribution < 1.29 is 80.2 Å². The number of hydrogen-bond acceptors (Lipinski definition) is 15. The van der Waals surface area contributed by atoms with Crippen molar-refractivity contribution >= 4 is 39.5 Å². The molecule has 0 spiro atoms. The van der Waals surface area contributed by atoms with Crippen molar-refractivity contribution in [2.45, 2.75) is 426 Å². The van der Waals surface area contributed by atoms with Crippen LogP contribution in [-0.4, -0.2) is 96.7 Å². The van der Waals surface area contributed by atoms with Crippen LogP contribution in [0.25, 0.3) is 0 Å². The summed E-state index contributed by atoms with van der Waals surface area (Å²) in [6, 6.07) is 0. The van der Waals surface area contributed by atoms with E-state index in [1.165, 1.54) is 212 Å². The molecular weight excluding hydrogens is 1280 g/mol. The third kappa shape index (κ3) is 71.1. The molecule has 0 aromatic heterocycles. The van der Waals surface area contributed by atoms with Crippen LogP contribution < -0.4 is 0 Å². The first kappa shape index (κ1) is 96.1. The van der Waals surface area contributed by atoms with Crippen LogP contribution >= 0.6 is 15.6 Å². The minimum Gasteiger partial charge on any atom is -0.462 e. The maximum absolute atomic E-state index is 13.1. The number of aliphatic hydroxyl groups is 1. The van der Waals surface area contributed by atoms with Crippen molar-refractivity contribution in [3.05, 3.63) is 0 Å². The SMILES string of the molecule is CCCCCCCCCCCCCC(=O)O[C@H](COC(=O)CCCCCCCCCC(C)C)COP(=O)(O)OC[C@H](O)COP(=O)(O)OC[C@@H](COC(=O)CCCCCCCCCCCCCCC(C)C)OC(=O)CCCCCCCCCCCCCCCCCCCCC(C)CC. The molecule has 6 atom stereocenters. The van der Waals surface area contributed by atoms with E-state index in [0.717, 1.165) is 108 Å². The summed E-state index contributed by atoms with van der Waals surface area (Å²) in [6.45, 7) is 11.9. The molecule has 0 saturated heterocycles. The summed E-state index contributed by atoms with van der Waals surface area (Å²) < 4.78 is 68.6. The zero-order valence-electron chi connectivity index (χ0n) is 64.3. The standard InChI is InChI=1S/C79H154O17P2/c1-8-10-11-12-13-14-25-33-40-48-55-62-78(83)96-75(67-90-77(82)61-54-47-42-35-37-44-51-58-71(5)6)69-94-98(87,88)92-65-73(80)64-91-97(85,86)93-68-74(66-89-76(81)60-53-46-39-32-28-24-23-26-30-36-43-50-57-70(3)4)95-79(84)63-56-49-41-34-29-22-20-18-16-15-17-19-21-27-31-38-45-52-59-72(7)9-2/h70-75,80H,8-69H2,1-7H3,(H,85,86)(H,87,88)/t72?,73-,74-,75-/m1/s1. The van der Waals surface area contributed by atoms with Gasteiger partial charge in [0.05, 0.1) is 26.4 Å². The highest BCUT2D eigenvalue weighted by atomic mass is 31.2. The minimum atomic E-state index is -4.96. The molecule has 0 heterocycles. The number of phosphoric acid groups is 2. The van der Waals surface area contributed by atoms with Gasteiger partial charge in [0.2, 0.25) is 0 Å². The van der Waals surface area contributed by atoms with E-state index < -0.39 is 97.5 Å². The maximum Gasteiger partial charge on any atom is 0.472 e. The number of carbonyl (C=O) groups is 4. The fraction of sp³-hybridized carbons (Fsp3) is 0.949. The smallest absolute Gasteiger partial charge is 0.462 e. The van der Waals surface area contributed by atoms with E-state index >= 15 is 0 Å². The van der Waals surface area contributed by atoms with Crippen LogP contribution in [-0.2, 0) is 65.4 Å². The summed E-state index contributed by atoms with van der Waals surface area (Å²) >= 11 is 0. The molecule has 3 N–H and O–H groups in total. The van der Waals surface area contributed by atoms with Crippen LogP contribution in [0.3, 0.4) is 0 Å². The summed E-state index contributed by atoms with van der Waals surface area (Å²) in [5.74, 6) is 0.243. The molecule has 0 rings (SSSR count). The molecule has 582 valence electrons. The van der Waals surface area contributed by atoms with Crippen LogP contribution in [0.15, 0.2) is 0 Å². The molecule has 0 aliphatic heterocycles. The van der Waals surface area contributed by atoms with Crippen molar-refractivity contribution in [1.29, 1.82) is 0 Å². The molecule has 0 bridgehead atoms. The van der Waals surface area contributed by atoms with E-state index in [9.17, 15) is 43.2 Å². The Kier molecular flexibility index (Phi) is 68.1. The van der Waals surface area contributed by atoms with E-state index in [0.29, 0.717) is 31.6 Å². The van der Waals surface area contributed by atoms with Gasteiger partial charge in [0.25, 0.3) is 0 Å². The predicted molar refractivity (Wildman–Crippen MR) is 400 cm³/mol. The fourth-order valence-electron chi connectivity index (χ4n) is 12.1. The van der Waals surface area contributed by atoms with Crippen molar-refractivity contribution in [2.24, 2.45) is 17.8 Å². The third-order valence-electron chi connectivity index (χ3n) is 18.7. The van der Waals surface area contributed by atoms with Gasteiger partial charge in [-0.25, -0.2) is 9.13 Å². The Bertz CT molecular complexity index is 1910. The first-order chi connectivity index (χ1) is 47.3. The van der Waals surface area contributed by atoms with Gasteiger partial charge in [-0.05, 0) is 43.4 Å². The summed E-state index contributed by atoms with van der Waals surface area (Å²) in [6.07, 6.45) is 57.0. The zero-order chi connectivity index (χ0) is 72.3. The Balaban J connectivity index is 5.20. The van der Waals surface area contributed by atoms with Crippen molar-refractivity contribution in [3.63, 3.8) is 0 Å². The summed E-state index contributed by atoms with van der Waals surface area (Å²) in [4.78, 5) is 72.9. The summed E-state index contributed by atoms with van der Waals surface area (Å²) in [5, 5.41) is 10.6. The molecule has 0 fully saturated rings. The molecule has 0 aromatic carbocycles. The van der Waals surface area contributed by atoms with E-state index in [4.69, 9.17) is 37.0 Å².